The molecule has 2 rings (SSSR count). The maximum atomic E-state index is 10.9. The molecule has 0 aliphatic rings. The first-order valence-electron chi connectivity index (χ1n) is 4.93. The van der Waals surface area contributed by atoms with Gasteiger partial charge in [0.2, 0.25) is 0 Å². The van der Waals surface area contributed by atoms with Crippen LogP contribution in [-0.2, 0) is 6.61 Å². The Hall–Kier alpha value is -2.01. The van der Waals surface area contributed by atoms with Crippen LogP contribution in [0.2, 0.25) is 0 Å². The lowest BCUT2D eigenvalue weighted by molar-refractivity contribution is 0.0997. The van der Waals surface area contributed by atoms with E-state index in [0.29, 0.717) is 12.4 Å². The van der Waals surface area contributed by atoms with Crippen LogP contribution < -0.4 is 10.5 Å². The second-order valence-corrected chi connectivity index (χ2v) is 4.24. The fourth-order valence-corrected chi connectivity index (χ4v) is 2.00. The molecule has 0 aliphatic carbocycles. The topological polar surface area (TPSA) is 72.6 Å². The number of primary amides is 1. The fourth-order valence-electron chi connectivity index (χ4n) is 1.35. The number of benzene rings is 1. The average molecular weight is 249 g/mol. The van der Waals surface area contributed by atoms with Gasteiger partial charge in [-0.25, -0.2) is 0 Å². The molecule has 0 aliphatic heterocycles. The van der Waals surface area contributed by atoms with Crippen molar-refractivity contribution in [3.05, 3.63) is 46.2 Å². The van der Waals surface area contributed by atoms with Gasteiger partial charge in [0.15, 0.2) is 0 Å². The Morgan fingerprint density at radius 3 is 2.82 bits per heavy atom. The van der Waals surface area contributed by atoms with Crippen LogP contribution in [-0.4, -0.2) is 11.0 Å². The molecule has 0 fully saturated rings. The Morgan fingerprint density at radius 1 is 1.41 bits per heavy atom. The third kappa shape index (κ3) is 2.76. The first-order chi connectivity index (χ1) is 8.16. The van der Waals surface area contributed by atoms with E-state index in [-0.39, 0.29) is 11.3 Å². The molecule has 0 saturated heterocycles. The fraction of sp³-hybridized carbons (Fsp3) is 0.0833. The minimum Gasteiger partial charge on any atom is -0.507 e. The summed E-state index contributed by atoms with van der Waals surface area (Å²) in [5.41, 5.74) is 6.23. The van der Waals surface area contributed by atoms with Crippen LogP contribution >= 0.6 is 11.3 Å². The molecule has 0 saturated carbocycles. The normalized spacial score (nSPS) is 10.1. The van der Waals surface area contributed by atoms with Gasteiger partial charge in [0, 0.05) is 6.07 Å². The molecular formula is C12H11NO3S. The van der Waals surface area contributed by atoms with Gasteiger partial charge in [-0.15, -0.1) is 0 Å². The zero-order valence-corrected chi connectivity index (χ0v) is 9.74. The van der Waals surface area contributed by atoms with Gasteiger partial charge >= 0.3 is 0 Å². The molecule has 1 heterocycles. The number of hydrogen-bond donors (Lipinski definition) is 2. The van der Waals surface area contributed by atoms with Crippen molar-refractivity contribution >= 4 is 17.2 Å². The average Bonchev–Trinajstić information content (AvgIpc) is 2.78. The largest absolute Gasteiger partial charge is 0.507 e. The van der Waals surface area contributed by atoms with Crippen molar-refractivity contribution < 1.29 is 14.6 Å². The lowest BCUT2D eigenvalue weighted by atomic mass is 10.2. The summed E-state index contributed by atoms with van der Waals surface area (Å²) in [6.45, 7) is 0.429. The van der Waals surface area contributed by atoms with Gasteiger partial charge in [0.05, 0.1) is 5.56 Å². The second-order valence-electron chi connectivity index (χ2n) is 3.46. The number of carbonyl (C=O) groups excluding carboxylic acids is 1. The van der Waals surface area contributed by atoms with Gasteiger partial charge in [0.1, 0.15) is 18.1 Å². The van der Waals surface area contributed by atoms with Gasteiger partial charge in [-0.2, -0.15) is 11.3 Å². The lowest BCUT2D eigenvalue weighted by Gasteiger charge is -2.06. The summed E-state index contributed by atoms with van der Waals surface area (Å²) >= 11 is 1.59. The smallest absolute Gasteiger partial charge is 0.252 e. The molecule has 1 aromatic heterocycles. The van der Waals surface area contributed by atoms with Crippen LogP contribution in [0.5, 0.6) is 11.5 Å². The Morgan fingerprint density at radius 2 is 2.24 bits per heavy atom. The van der Waals surface area contributed by atoms with E-state index in [9.17, 15) is 9.90 Å². The summed E-state index contributed by atoms with van der Waals surface area (Å²) in [5, 5.41) is 13.5. The zero-order valence-electron chi connectivity index (χ0n) is 8.92. The highest BCUT2D eigenvalue weighted by Gasteiger charge is 2.08. The molecule has 0 bridgehead atoms. The highest BCUT2D eigenvalue weighted by Crippen LogP contribution is 2.24. The zero-order chi connectivity index (χ0) is 12.3. The van der Waals surface area contributed by atoms with E-state index in [2.05, 4.69) is 0 Å². The van der Waals surface area contributed by atoms with Gasteiger partial charge in [-0.3, -0.25) is 4.79 Å². The standard InChI is InChI=1S/C12H11NO3S/c13-12(15)10-2-1-9(5-11(10)14)16-6-8-3-4-17-7-8/h1-5,7,14H,6H2,(H2,13,15). The quantitative estimate of drug-likeness (QED) is 0.871. The molecule has 0 atom stereocenters. The highest BCUT2D eigenvalue weighted by molar-refractivity contribution is 7.07. The first kappa shape index (κ1) is 11.5. The number of hydrogen-bond acceptors (Lipinski definition) is 4. The van der Waals surface area contributed by atoms with Crippen LogP contribution in [0.3, 0.4) is 0 Å². The number of amides is 1. The van der Waals surface area contributed by atoms with Crippen LogP contribution in [0, 0.1) is 0 Å². The molecule has 2 aromatic rings. The lowest BCUT2D eigenvalue weighted by Crippen LogP contribution is -2.10. The maximum Gasteiger partial charge on any atom is 0.252 e. The minimum atomic E-state index is -0.660. The molecule has 1 amide bonds. The number of thiophene rings is 1. The van der Waals surface area contributed by atoms with Crippen molar-refractivity contribution in [2.24, 2.45) is 5.73 Å². The predicted octanol–water partition coefficient (Wildman–Crippen LogP) is 2.13. The molecule has 0 spiro atoms. The van der Waals surface area contributed by atoms with Crippen molar-refractivity contribution in [3.8, 4) is 11.5 Å². The van der Waals surface area contributed by atoms with Crippen molar-refractivity contribution in [3.63, 3.8) is 0 Å². The van der Waals surface area contributed by atoms with Crippen molar-refractivity contribution in [2.75, 3.05) is 0 Å². The van der Waals surface area contributed by atoms with E-state index in [4.69, 9.17) is 10.5 Å². The number of aromatic hydroxyl groups is 1. The summed E-state index contributed by atoms with van der Waals surface area (Å²) in [6, 6.07) is 6.39. The van der Waals surface area contributed by atoms with Crippen LogP contribution in [0.4, 0.5) is 0 Å². The number of carbonyl (C=O) groups is 1. The summed E-state index contributed by atoms with van der Waals surface area (Å²) < 4.78 is 5.46. The number of nitrogens with two attached hydrogens (primary N) is 1. The van der Waals surface area contributed by atoms with Gasteiger partial charge in [-0.05, 0) is 34.5 Å². The van der Waals surface area contributed by atoms with E-state index < -0.39 is 5.91 Å². The molecule has 1 aromatic carbocycles. The van der Waals surface area contributed by atoms with E-state index >= 15 is 0 Å². The highest BCUT2D eigenvalue weighted by atomic mass is 32.1. The minimum absolute atomic E-state index is 0.0906. The summed E-state index contributed by atoms with van der Waals surface area (Å²) in [5.74, 6) is -0.328. The van der Waals surface area contributed by atoms with Crippen LogP contribution in [0.1, 0.15) is 15.9 Å². The van der Waals surface area contributed by atoms with Gasteiger partial charge in [0.25, 0.3) is 5.91 Å². The summed E-state index contributed by atoms with van der Waals surface area (Å²) in [4.78, 5) is 10.9. The molecule has 5 heteroatoms. The monoisotopic (exact) mass is 249 g/mol. The molecule has 17 heavy (non-hydrogen) atoms. The van der Waals surface area contributed by atoms with Gasteiger partial charge < -0.3 is 15.6 Å². The Balaban J connectivity index is 2.07. The van der Waals surface area contributed by atoms with E-state index in [0.717, 1.165) is 5.56 Å². The van der Waals surface area contributed by atoms with Crippen molar-refractivity contribution in [1.82, 2.24) is 0 Å². The van der Waals surface area contributed by atoms with Crippen LogP contribution in [0.25, 0.3) is 0 Å². The van der Waals surface area contributed by atoms with E-state index in [1.807, 2.05) is 16.8 Å². The van der Waals surface area contributed by atoms with E-state index in [1.54, 1.807) is 17.4 Å². The number of ether oxygens (including phenoxy) is 1. The van der Waals surface area contributed by atoms with Crippen LogP contribution in [0.15, 0.2) is 35.0 Å². The predicted molar refractivity (Wildman–Crippen MR) is 65.3 cm³/mol. The molecule has 3 N–H and O–H groups in total. The third-order valence-electron chi connectivity index (χ3n) is 2.22. The SMILES string of the molecule is NC(=O)c1ccc(OCc2ccsc2)cc1O. The molecule has 0 unspecified atom stereocenters. The number of phenols is 1. The molecule has 0 radical (unpaired) electrons. The summed E-state index contributed by atoms with van der Waals surface area (Å²) in [6.07, 6.45) is 0. The molecule has 4 nitrogen and oxygen atoms in total. The number of rotatable bonds is 4. The molecule has 88 valence electrons. The maximum absolute atomic E-state index is 10.9. The van der Waals surface area contributed by atoms with E-state index in [1.165, 1.54) is 12.1 Å². The Labute approximate surface area is 102 Å². The third-order valence-corrected chi connectivity index (χ3v) is 2.95. The second kappa shape index (κ2) is 4.88. The van der Waals surface area contributed by atoms with Crippen molar-refractivity contribution in [2.45, 2.75) is 6.61 Å². The Bertz CT molecular complexity index is 523. The van der Waals surface area contributed by atoms with Crippen molar-refractivity contribution in [1.29, 1.82) is 0 Å². The summed E-state index contributed by atoms with van der Waals surface area (Å²) in [7, 11) is 0. The Kier molecular flexibility index (Phi) is 3.30. The first-order valence-corrected chi connectivity index (χ1v) is 5.88. The van der Waals surface area contributed by atoms with Gasteiger partial charge in [-0.1, -0.05) is 0 Å². The molecular weight excluding hydrogens is 238 g/mol.